The quantitative estimate of drug-likeness (QED) is 0.723. The summed E-state index contributed by atoms with van der Waals surface area (Å²) in [7, 11) is 0. The highest BCUT2D eigenvalue weighted by Crippen LogP contribution is 2.34. The number of alkyl halides is 3. The molecule has 0 saturated carbocycles. The molecule has 2 aromatic rings. The minimum Gasteiger partial charge on any atom is -0.322 e. The van der Waals surface area contributed by atoms with Gasteiger partial charge in [0.2, 0.25) is 5.91 Å². The number of amides is 1. The van der Waals surface area contributed by atoms with Gasteiger partial charge in [-0.15, -0.1) is 0 Å². The van der Waals surface area contributed by atoms with E-state index in [1.54, 1.807) is 0 Å². The number of likely N-dealkylation sites (tertiary alicyclic amines) is 1. The number of piperidine rings is 1. The SMILES string of the molecule is O=C(CN1CCCCC1c1ccc(C(F)(F)F)cc1)Nc1ccc(F)cc1F. The Hall–Kier alpha value is -2.48. The molecule has 1 saturated heterocycles. The highest BCUT2D eigenvalue weighted by molar-refractivity contribution is 5.92. The first-order valence-corrected chi connectivity index (χ1v) is 8.90. The van der Waals surface area contributed by atoms with Crippen molar-refractivity contribution >= 4 is 11.6 Å². The third kappa shape index (κ3) is 4.86. The molecule has 2 aromatic carbocycles. The fraction of sp³-hybridized carbons (Fsp3) is 0.350. The number of rotatable bonds is 4. The van der Waals surface area contributed by atoms with Gasteiger partial charge in [0.25, 0.3) is 0 Å². The van der Waals surface area contributed by atoms with E-state index in [9.17, 15) is 26.7 Å². The zero-order chi connectivity index (χ0) is 20.3. The Kier molecular flexibility index (Phi) is 5.98. The fourth-order valence-electron chi connectivity index (χ4n) is 3.42. The lowest BCUT2D eigenvalue weighted by Gasteiger charge is -2.35. The van der Waals surface area contributed by atoms with Crippen LogP contribution in [0.5, 0.6) is 0 Å². The van der Waals surface area contributed by atoms with Crippen molar-refractivity contribution in [2.45, 2.75) is 31.5 Å². The van der Waals surface area contributed by atoms with Crippen LogP contribution in [0.25, 0.3) is 0 Å². The van der Waals surface area contributed by atoms with Crippen molar-refractivity contribution < 1.29 is 26.7 Å². The Morgan fingerprint density at radius 2 is 1.79 bits per heavy atom. The molecule has 8 heteroatoms. The minimum atomic E-state index is -4.40. The van der Waals surface area contributed by atoms with Crippen LogP contribution in [0.15, 0.2) is 42.5 Å². The third-order valence-electron chi connectivity index (χ3n) is 4.79. The molecule has 28 heavy (non-hydrogen) atoms. The van der Waals surface area contributed by atoms with Crippen LogP contribution in [0.4, 0.5) is 27.6 Å². The number of carbonyl (C=O) groups is 1. The second kappa shape index (κ2) is 8.26. The van der Waals surface area contributed by atoms with Crippen LogP contribution < -0.4 is 5.32 Å². The molecule has 1 N–H and O–H groups in total. The van der Waals surface area contributed by atoms with E-state index in [2.05, 4.69) is 5.32 Å². The molecule has 0 radical (unpaired) electrons. The Balaban J connectivity index is 1.70. The number of carbonyl (C=O) groups excluding carboxylic acids is 1. The summed E-state index contributed by atoms with van der Waals surface area (Å²) >= 11 is 0. The molecule has 1 atom stereocenters. The predicted molar refractivity (Wildman–Crippen MR) is 94.6 cm³/mol. The number of benzene rings is 2. The van der Waals surface area contributed by atoms with Gasteiger partial charge in [0, 0.05) is 12.1 Å². The molecule has 3 rings (SSSR count). The van der Waals surface area contributed by atoms with Crippen LogP contribution in [0.1, 0.15) is 36.4 Å². The zero-order valence-corrected chi connectivity index (χ0v) is 14.9. The first kappa shape index (κ1) is 20.3. The van der Waals surface area contributed by atoms with Crippen LogP contribution in [-0.2, 0) is 11.0 Å². The molecule has 1 unspecified atom stereocenters. The third-order valence-corrected chi connectivity index (χ3v) is 4.79. The van der Waals surface area contributed by atoms with E-state index < -0.39 is 29.3 Å². The molecule has 1 heterocycles. The highest BCUT2D eigenvalue weighted by Gasteiger charge is 2.31. The second-order valence-electron chi connectivity index (χ2n) is 6.77. The number of nitrogens with one attached hydrogen (secondary N) is 1. The van der Waals surface area contributed by atoms with Crippen molar-refractivity contribution in [1.82, 2.24) is 4.90 Å². The summed E-state index contributed by atoms with van der Waals surface area (Å²) in [5, 5.41) is 2.41. The van der Waals surface area contributed by atoms with E-state index in [-0.39, 0.29) is 18.3 Å². The van der Waals surface area contributed by atoms with Crippen LogP contribution in [0, 0.1) is 11.6 Å². The predicted octanol–water partition coefficient (Wildman–Crippen LogP) is 5.15. The standard InChI is InChI=1S/C20H19F5N2O/c21-15-8-9-17(16(22)11-15)26-19(28)12-27-10-2-1-3-18(27)13-4-6-14(7-5-13)20(23,24)25/h4-9,11,18H,1-3,10,12H2,(H,26,28). The van der Waals surface area contributed by atoms with Gasteiger partial charge >= 0.3 is 6.18 Å². The lowest BCUT2D eigenvalue weighted by Crippen LogP contribution is -2.39. The molecule has 1 aliphatic heterocycles. The lowest BCUT2D eigenvalue weighted by atomic mass is 9.94. The van der Waals surface area contributed by atoms with Gasteiger partial charge in [0.15, 0.2) is 0 Å². The maximum absolute atomic E-state index is 13.7. The Labute approximate surface area is 159 Å². The van der Waals surface area contributed by atoms with Crippen molar-refractivity contribution in [3.05, 3.63) is 65.2 Å². The summed E-state index contributed by atoms with van der Waals surface area (Å²) in [5.41, 5.74) is -0.133. The summed E-state index contributed by atoms with van der Waals surface area (Å²) in [6.45, 7) is 0.563. The van der Waals surface area contributed by atoms with Gasteiger partial charge in [0.1, 0.15) is 11.6 Å². The lowest BCUT2D eigenvalue weighted by molar-refractivity contribution is -0.137. The molecule has 0 aromatic heterocycles. The Morgan fingerprint density at radius 1 is 1.07 bits per heavy atom. The molecule has 1 amide bonds. The monoisotopic (exact) mass is 398 g/mol. The topological polar surface area (TPSA) is 32.3 Å². The largest absolute Gasteiger partial charge is 0.416 e. The van der Waals surface area contributed by atoms with Crippen molar-refractivity contribution in [2.75, 3.05) is 18.4 Å². The van der Waals surface area contributed by atoms with E-state index in [0.29, 0.717) is 24.6 Å². The summed E-state index contributed by atoms with van der Waals surface area (Å²) in [6.07, 6.45) is -1.93. The van der Waals surface area contributed by atoms with Gasteiger partial charge in [0.05, 0.1) is 17.8 Å². The number of anilines is 1. The van der Waals surface area contributed by atoms with Crippen molar-refractivity contribution in [2.24, 2.45) is 0 Å². The first-order valence-electron chi connectivity index (χ1n) is 8.90. The van der Waals surface area contributed by atoms with Crippen LogP contribution in [0.2, 0.25) is 0 Å². The summed E-state index contributed by atoms with van der Waals surface area (Å²) < 4.78 is 64.9. The number of hydrogen-bond acceptors (Lipinski definition) is 2. The molecular formula is C20H19F5N2O. The van der Waals surface area contributed by atoms with Gasteiger partial charge in [-0.1, -0.05) is 18.6 Å². The normalized spacial score (nSPS) is 18.1. The Morgan fingerprint density at radius 3 is 2.43 bits per heavy atom. The smallest absolute Gasteiger partial charge is 0.322 e. The number of hydrogen-bond donors (Lipinski definition) is 1. The van der Waals surface area contributed by atoms with Crippen LogP contribution >= 0.6 is 0 Å². The number of nitrogens with zero attached hydrogens (tertiary/aromatic N) is 1. The van der Waals surface area contributed by atoms with Gasteiger partial charge in [-0.25, -0.2) is 8.78 Å². The van der Waals surface area contributed by atoms with E-state index in [0.717, 1.165) is 37.1 Å². The van der Waals surface area contributed by atoms with Crippen molar-refractivity contribution in [1.29, 1.82) is 0 Å². The maximum Gasteiger partial charge on any atom is 0.416 e. The number of halogens is 5. The molecule has 150 valence electrons. The molecule has 1 aliphatic rings. The summed E-state index contributed by atoms with van der Waals surface area (Å²) in [4.78, 5) is 14.2. The highest BCUT2D eigenvalue weighted by atomic mass is 19.4. The van der Waals surface area contributed by atoms with Crippen molar-refractivity contribution in [3.63, 3.8) is 0 Å². The van der Waals surface area contributed by atoms with Crippen LogP contribution in [0.3, 0.4) is 0 Å². The first-order chi connectivity index (χ1) is 13.2. The molecular weight excluding hydrogens is 379 g/mol. The maximum atomic E-state index is 13.7. The van der Waals surface area contributed by atoms with E-state index in [1.807, 2.05) is 4.90 Å². The minimum absolute atomic E-state index is 0.0392. The van der Waals surface area contributed by atoms with Crippen LogP contribution in [-0.4, -0.2) is 23.9 Å². The fourth-order valence-corrected chi connectivity index (χ4v) is 3.42. The summed E-state index contributed by atoms with van der Waals surface area (Å²) in [5.74, 6) is -2.08. The average Bonchev–Trinajstić information content (AvgIpc) is 2.64. The van der Waals surface area contributed by atoms with Gasteiger partial charge < -0.3 is 5.32 Å². The zero-order valence-electron chi connectivity index (χ0n) is 14.9. The van der Waals surface area contributed by atoms with Gasteiger partial charge in [-0.05, 0) is 49.2 Å². The molecule has 0 aliphatic carbocycles. The van der Waals surface area contributed by atoms with Gasteiger partial charge in [-0.3, -0.25) is 9.69 Å². The van der Waals surface area contributed by atoms with E-state index in [1.165, 1.54) is 12.1 Å². The molecule has 0 bridgehead atoms. The molecule has 3 nitrogen and oxygen atoms in total. The van der Waals surface area contributed by atoms with E-state index >= 15 is 0 Å². The average molecular weight is 398 g/mol. The second-order valence-corrected chi connectivity index (χ2v) is 6.77. The van der Waals surface area contributed by atoms with Crippen molar-refractivity contribution in [3.8, 4) is 0 Å². The van der Waals surface area contributed by atoms with Gasteiger partial charge in [-0.2, -0.15) is 13.2 Å². The summed E-state index contributed by atoms with van der Waals surface area (Å²) in [6, 6.07) is 7.62. The molecule has 0 spiro atoms. The Bertz CT molecular complexity index is 835. The van der Waals surface area contributed by atoms with E-state index in [4.69, 9.17) is 0 Å². The molecule has 1 fully saturated rings.